The lowest BCUT2D eigenvalue weighted by molar-refractivity contribution is 0.0511. The van der Waals surface area contributed by atoms with Gasteiger partial charge in [0.25, 0.3) is 0 Å². The third kappa shape index (κ3) is 10.2. The van der Waals surface area contributed by atoms with E-state index in [0.717, 1.165) is 4.68 Å². The highest BCUT2D eigenvalue weighted by Crippen LogP contribution is 2.11. The normalized spacial score (nSPS) is 10.7. The number of hydrogen-bond acceptors (Lipinski definition) is 8. The molecule has 0 aromatic carbocycles. The molecule has 0 aliphatic heterocycles. The third-order valence-electron chi connectivity index (χ3n) is 2.70. The van der Waals surface area contributed by atoms with Crippen molar-refractivity contribution in [3.8, 4) is 11.8 Å². The topological polar surface area (TPSA) is 110 Å². The highest BCUT2D eigenvalue weighted by molar-refractivity contribution is 5.69. The largest absolute Gasteiger partial charge is 0.476 e. The van der Waals surface area contributed by atoms with Gasteiger partial charge in [0, 0.05) is 32.5 Å². The number of hydrogen-bond donors (Lipinski definition) is 1. The average molecular weight is 384 g/mol. The number of carbonyl (C=O) groups is 1. The molecule has 0 saturated carbocycles. The zero-order chi connectivity index (χ0) is 20.1. The highest BCUT2D eigenvalue weighted by Gasteiger charge is 2.18. The van der Waals surface area contributed by atoms with Crippen molar-refractivity contribution in [2.45, 2.75) is 26.4 Å². The number of ether oxygens (including phenoxy) is 5. The number of rotatable bonds is 8. The van der Waals surface area contributed by atoms with E-state index in [1.807, 2.05) is 0 Å². The highest BCUT2D eigenvalue weighted by atomic mass is 16.6. The van der Waals surface area contributed by atoms with E-state index in [2.05, 4.69) is 15.3 Å². The van der Waals surface area contributed by atoms with Crippen molar-refractivity contribution in [1.82, 2.24) is 20.0 Å². The summed E-state index contributed by atoms with van der Waals surface area (Å²) < 4.78 is 26.2. The molecule has 152 valence electrons. The number of methoxy groups -OCH3 is 2. The molecule has 0 unspecified atom stereocenters. The Labute approximate surface area is 158 Å². The van der Waals surface area contributed by atoms with Gasteiger partial charge in [-0.2, -0.15) is 9.78 Å². The fraction of sp³-hybridized carbons (Fsp3) is 0.588. The van der Waals surface area contributed by atoms with Gasteiger partial charge in [0.1, 0.15) is 18.8 Å². The van der Waals surface area contributed by atoms with Gasteiger partial charge >= 0.3 is 6.09 Å². The molecule has 0 aliphatic carbocycles. The van der Waals surface area contributed by atoms with Gasteiger partial charge in [-0.15, -0.1) is 5.10 Å². The van der Waals surface area contributed by atoms with Crippen LogP contribution in [0.4, 0.5) is 4.79 Å². The second-order valence-electron chi connectivity index (χ2n) is 6.18. The molecule has 2 aromatic heterocycles. The summed E-state index contributed by atoms with van der Waals surface area (Å²) in [5.74, 6) is 1.05. The SMILES string of the molecule is COCCOc1ccn(C(=O)OC(C)(C)C)n1.COCCOc1ccn[nH]1. The van der Waals surface area contributed by atoms with Crippen LogP contribution in [0.1, 0.15) is 20.8 Å². The molecule has 2 aromatic rings. The number of aromatic nitrogens is 4. The predicted molar refractivity (Wildman–Crippen MR) is 97.2 cm³/mol. The smallest absolute Gasteiger partial charge is 0.435 e. The van der Waals surface area contributed by atoms with Crippen molar-refractivity contribution < 1.29 is 28.5 Å². The Hall–Kier alpha value is -2.59. The predicted octanol–water partition coefficient (Wildman–Crippen LogP) is 2.13. The standard InChI is InChI=1S/C11H18N2O4.C6H10N2O2/c1-11(2,3)17-10(14)13-6-5-9(12-13)16-8-7-15-4;1-9-4-5-10-6-2-3-7-8-6/h5-6H,7-8H2,1-4H3;2-3H,4-5H2,1H3,(H,7,8). The molecule has 0 saturated heterocycles. The van der Waals surface area contributed by atoms with Gasteiger partial charge in [-0.1, -0.05) is 0 Å². The van der Waals surface area contributed by atoms with Crippen molar-refractivity contribution in [3.05, 3.63) is 24.5 Å². The maximum atomic E-state index is 11.6. The first-order chi connectivity index (χ1) is 12.9. The Morgan fingerprint density at radius 1 is 1.07 bits per heavy atom. The number of nitrogens with zero attached hydrogens (tertiary/aromatic N) is 3. The first-order valence-electron chi connectivity index (χ1n) is 8.37. The van der Waals surface area contributed by atoms with Gasteiger partial charge in [-0.05, 0) is 20.8 Å². The molecule has 0 fully saturated rings. The zero-order valence-electron chi connectivity index (χ0n) is 16.4. The maximum Gasteiger partial charge on any atom is 0.435 e. The summed E-state index contributed by atoms with van der Waals surface area (Å²) >= 11 is 0. The molecule has 2 rings (SSSR count). The van der Waals surface area contributed by atoms with Gasteiger partial charge in [-0.25, -0.2) is 9.89 Å². The molecule has 0 radical (unpaired) electrons. The fourth-order valence-electron chi connectivity index (χ4n) is 1.58. The lowest BCUT2D eigenvalue weighted by Gasteiger charge is -2.18. The van der Waals surface area contributed by atoms with Gasteiger partial charge in [-0.3, -0.25) is 0 Å². The summed E-state index contributed by atoms with van der Waals surface area (Å²) in [4.78, 5) is 11.6. The molecule has 0 spiro atoms. The molecule has 0 bridgehead atoms. The molecule has 10 heteroatoms. The summed E-state index contributed by atoms with van der Waals surface area (Å²) in [7, 11) is 3.22. The molecule has 0 aliphatic rings. The Morgan fingerprint density at radius 3 is 2.30 bits per heavy atom. The Kier molecular flexibility index (Phi) is 9.91. The molecular weight excluding hydrogens is 356 g/mol. The zero-order valence-corrected chi connectivity index (χ0v) is 16.4. The summed E-state index contributed by atoms with van der Waals surface area (Å²) in [6, 6.07) is 3.36. The van der Waals surface area contributed by atoms with Crippen LogP contribution < -0.4 is 9.47 Å². The molecule has 27 heavy (non-hydrogen) atoms. The molecule has 10 nitrogen and oxygen atoms in total. The van der Waals surface area contributed by atoms with E-state index in [4.69, 9.17) is 23.7 Å². The van der Waals surface area contributed by atoms with E-state index < -0.39 is 11.7 Å². The van der Waals surface area contributed by atoms with E-state index in [-0.39, 0.29) is 0 Å². The van der Waals surface area contributed by atoms with E-state index in [1.54, 1.807) is 53.3 Å². The van der Waals surface area contributed by atoms with Crippen LogP contribution >= 0.6 is 0 Å². The lowest BCUT2D eigenvalue weighted by atomic mass is 10.2. The second kappa shape index (κ2) is 11.9. The first kappa shape index (κ1) is 22.5. The van der Waals surface area contributed by atoms with Crippen LogP contribution in [0.25, 0.3) is 0 Å². The molecular formula is C17H28N4O6. The van der Waals surface area contributed by atoms with E-state index in [1.165, 1.54) is 6.20 Å². The Morgan fingerprint density at radius 2 is 1.74 bits per heavy atom. The summed E-state index contributed by atoms with van der Waals surface area (Å²) in [6.45, 7) is 7.40. The van der Waals surface area contributed by atoms with E-state index in [9.17, 15) is 4.79 Å². The van der Waals surface area contributed by atoms with Crippen LogP contribution in [0.2, 0.25) is 0 Å². The van der Waals surface area contributed by atoms with Crippen LogP contribution in [0.5, 0.6) is 11.8 Å². The van der Waals surface area contributed by atoms with E-state index >= 15 is 0 Å². The van der Waals surface area contributed by atoms with Gasteiger partial charge in [0.05, 0.1) is 19.4 Å². The summed E-state index contributed by atoms with van der Waals surface area (Å²) in [6.07, 6.45) is 2.61. The first-order valence-corrected chi connectivity index (χ1v) is 8.37. The number of aromatic amines is 1. The molecule has 1 N–H and O–H groups in total. The van der Waals surface area contributed by atoms with Gasteiger partial charge < -0.3 is 23.7 Å². The summed E-state index contributed by atoms with van der Waals surface area (Å²) in [5.41, 5.74) is -0.542. The van der Waals surface area contributed by atoms with Crippen LogP contribution in [0.15, 0.2) is 24.5 Å². The summed E-state index contributed by atoms with van der Waals surface area (Å²) in [5, 5.41) is 10.3. The minimum Gasteiger partial charge on any atom is -0.476 e. The third-order valence-corrected chi connectivity index (χ3v) is 2.70. The van der Waals surface area contributed by atoms with Crippen LogP contribution in [0.3, 0.4) is 0 Å². The molecule has 0 atom stereocenters. The van der Waals surface area contributed by atoms with Crippen molar-refractivity contribution in [3.63, 3.8) is 0 Å². The Bertz CT molecular complexity index is 636. The van der Waals surface area contributed by atoms with Crippen molar-refractivity contribution in [2.75, 3.05) is 40.6 Å². The molecule has 0 amide bonds. The fourth-order valence-corrected chi connectivity index (χ4v) is 1.58. The lowest BCUT2D eigenvalue weighted by Crippen LogP contribution is -2.27. The second-order valence-corrected chi connectivity index (χ2v) is 6.18. The van der Waals surface area contributed by atoms with Crippen molar-refractivity contribution in [2.24, 2.45) is 0 Å². The van der Waals surface area contributed by atoms with E-state index in [0.29, 0.717) is 38.2 Å². The van der Waals surface area contributed by atoms with Crippen LogP contribution in [-0.4, -0.2) is 72.3 Å². The monoisotopic (exact) mass is 384 g/mol. The quantitative estimate of drug-likeness (QED) is 0.689. The minimum absolute atomic E-state index is 0.368. The van der Waals surface area contributed by atoms with Crippen molar-refractivity contribution in [1.29, 1.82) is 0 Å². The average Bonchev–Trinajstić information content (AvgIpc) is 3.26. The van der Waals surface area contributed by atoms with Crippen molar-refractivity contribution >= 4 is 6.09 Å². The molecule has 2 heterocycles. The Balaban J connectivity index is 0.000000309. The number of nitrogens with one attached hydrogen (secondary N) is 1. The van der Waals surface area contributed by atoms with Crippen LogP contribution in [0, 0.1) is 0 Å². The number of H-pyrrole nitrogens is 1. The van der Waals surface area contributed by atoms with Gasteiger partial charge in [0.15, 0.2) is 0 Å². The maximum absolute atomic E-state index is 11.6. The number of carbonyl (C=O) groups excluding carboxylic acids is 1. The van der Waals surface area contributed by atoms with Crippen LogP contribution in [-0.2, 0) is 14.2 Å². The van der Waals surface area contributed by atoms with Gasteiger partial charge in [0.2, 0.25) is 11.8 Å². The minimum atomic E-state index is -0.542.